The van der Waals surface area contributed by atoms with E-state index < -0.39 is 0 Å². The maximum atomic E-state index is 9.11. The lowest BCUT2D eigenvalue weighted by molar-refractivity contribution is 0.460. The fraction of sp³-hybridized carbons (Fsp3) is 0.0588. The maximum Gasteiger partial charge on any atom is 0.237 e. The van der Waals surface area contributed by atoms with E-state index in [1.165, 1.54) is 0 Å². The molecule has 3 rings (SSSR count). The minimum atomic E-state index is 0.342. The largest absolute Gasteiger partial charge is 0.438 e. The van der Waals surface area contributed by atoms with Crippen molar-refractivity contribution in [3.63, 3.8) is 0 Å². The summed E-state index contributed by atoms with van der Waals surface area (Å²) in [6, 6.07) is 17.4. The highest BCUT2D eigenvalue weighted by molar-refractivity contribution is 9.10. The number of rotatable bonds is 2. The lowest BCUT2D eigenvalue weighted by atomic mass is 10.1. The Labute approximate surface area is 130 Å². The second-order valence-electron chi connectivity index (χ2n) is 4.67. The van der Waals surface area contributed by atoms with Gasteiger partial charge in [0.05, 0.1) is 0 Å². The Hall–Kier alpha value is -2.38. The van der Waals surface area contributed by atoms with Crippen molar-refractivity contribution in [3.05, 3.63) is 64.3 Å². The van der Waals surface area contributed by atoms with Crippen LogP contribution >= 0.6 is 15.9 Å². The first kappa shape index (κ1) is 13.6. The van der Waals surface area contributed by atoms with Gasteiger partial charge in [-0.25, -0.2) is 4.98 Å². The molecule has 0 bridgehead atoms. The molecule has 3 aromatic rings. The zero-order valence-electron chi connectivity index (χ0n) is 11.3. The predicted molar refractivity (Wildman–Crippen MR) is 85.4 cm³/mol. The predicted octanol–water partition coefficient (Wildman–Crippen LogP) is 4.97. The van der Waals surface area contributed by atoms with Gasteiger partial charge in [-0.3, -0.25) is 0 Å². The molecule has 0 fully saturated rings. The van der Waals surface area contributed by atoms with Crippen LogP contribution in [0.1, 0.15) is 11.3 Å². The van der Waals surface area contributed by atoms with Gasteiger partial charge >= 0.3 is 0 Å². The number of aromatic nitrogens is 1. The van der Waals surface area contributed by atoms with Crippen LogP contribution in [0.3, 0.4) is 0 Å². The standard InChI is InChI=1S/C17H11BrN2O/c1-11-2-3-14(10-19)17(20-11)21-16-7-5-12-8-15(18)6-4-13(12)9-16/h2-9H,1H3. The Kier molecular flexibility index (Phi) is 3.59. The second kappa shape index (κ2) is 5.55. The number of fused-ring (bicyclic) bond motifs is 1. The smallest absolute Gasteiger partial charge is 0.237 e. The first-order chi connectivity index (χ1) is 10.2. The molecular formula is C17H11BrN2O. The molecule has 0 saturated carbocycles. The lowest BCUT2D eigenvalue weighted by Crippen LogP contribution is -1.93. The molecule has 21 heavy (non-hydrogen) atoms. The van der Waals surface area contributed by atoms with Crippen molar-refractivity contribution < 1.29 is 4.74 Å². The van der Waals surface area contributed by atoms with Crippen LogP contribution in [0.2, 0.25) is 0 Å². The minimum absolute atomic E-state index is 0.342. The third-order valence-electron chi connectivity index (χ3n) is 3.11. The van der Waals surface area contributed by atoms with Crippen molar-refractivity contribution in [1.29, 1.82) is 5.26 Å². The van der Waals surface area contributed by atoms with Crippen LogP contribution in [-0.4, -0.2) is 4.98 Å². The molecule has 2 aromatic carbocycles. The Morgan fingerprint density at radius 1 is 1.05 bits per heavy atom. The van der Waals surface area contributed by atoms with Crippen LogP contribution < -0.4 is 4.74 Å². The number of aryl methyl sites for hydroxylation is 1. The van der Waals surface area contributed by atoms with Gasteiger partial charge in [0, 0.05) is 10.2 Å². The van der Waals surface area contributed by atoms with Crippen LogP contribution in [0, 0.1) is 18.3 Å². The number of nitrogens with zero attached hydrogens (tertiary/aromatic N) is 2. The number of benzene rings is 2. The summed E-state index contributed by atoms with van der Waals surface area (Å²) < 4.78 is 6.81. The normalized spacial score (nSPS) is 10.3. The summed E-state index contributed by atoms with van der Waals surface area (Å²) in [6.45, 7) is 1.87. The van der Waals surface area contributed by atoms with Gasteiger partial charge in [0.25, 0.3) is 0 Å². The maximum absolute atomic E-state index is 9.11. The van der Waals surface area contributed by atoms with E-state index in [2.05, 4.69) is 27.0 Å². The van der Waals surface area contributed by atoms with E-state index in [9.17, 15) is 0 Å². The third kappa shape index (κ3) is 2.88. The molecule has 0 saturated heterocycles. The molecule has 0 spiro atoms. The quantitative estimate of drug-likeness (QED) is 0.662. The van der Waals surface area contributed by atoms with E-state index in [1.54, 1.807) is 12.1 Å². The number of halogens is 1. The zero-order valence-corrected chi connectivity index (χ0v) is 12.9. The molecule has 0 aliphatic rings. The molecular weight excluding hydrogens is 328 g/mol. The summed E-state index contributed by atoms with van der Waals surface area (Å²) in [4.78, 5) is 4.28. The Bertz CT molecular complexity index is 868. The summed E-state index contributed by atoms with van der Waals surface area (Å²) in [5.41, 5.74) is 1.24. The molecule has 0 amide bonds. The fourth-order valence-corrected chi connectivity index (χ4v) is 2.44. The fourth-order valence-electron chi connectivity index (χ4n) is 2.07. The van der Waals surface area contributed by atoms with Crippen molar-refractivity contribution in [2.45, 2.75) is 6.92 Å². The summed E-state index contributed by atoms with van der Waals surface area (Å²) in [6.07, 6.45) is 0. The van der Waals surface area contributed by atoms with E-state index >= 15 is 0 Å². The summed E-state index contributed by atoms with van der Waals surface area (Å²) in [5, 5.41) is 11.3. The van der Waals surface area contributed by atoms with Gasteiger partial charge in [-0.15, -0.1) is 0 Å². The van der Waals surface area contributed by atoms with Crippen LogP contribution in [0.5, 0.6) is 11.6 Å². The highest BCUT2D eigenvalue weighted by atomic mass is 79.9. The van der Waals surface area contributed by atoms with Crippen LogP contribution in [-0.2, 0) is 0 Å². The van der Waals surface area contributed by atoms with Gasteiger partial charge in [0.1, 0.15) is 17.4 Å². The van der Waals surface area contributed by atoms with Gasteiger partial charge in [0.15, 0.2) is 0 Å². The number of hydrogen-bond acceptors (Lipinski definition) is 3. The summed E-state index contributed by atoms with van der Waals surface area (Å²) in [7, 11) is 0. The molecule has 3 nitrogen and oxygen atoms in total. The van der Waals surface area contributed by atoms with Crippen LogP contribution in [0.4, 0.5) is 0 Å². The first-order valence-electron chi connectivity index (χ1n) is 6.40. The molecule has 1 aromatic heterocycles. The van der Waals surface area contributed by atoms with E-state index in [4.69, 9.17) is 10.00 Å². The van der Waals surface area contributed by atoms with Crippen molar-refractivity contribution in [1.82, 2.24) is 4.98 Å². The lowest BCUT2D eigenvalue weighted by Gasteiger charge is -2.08. The highest BCUT2D eigenvalue weighted by Crippen LogP contribution is 2.28. The number of nitriles is 1. The third-order valence-corrected chi connectivity index (χ3v) is 3.60. The first-order valence-corrected chi connectivity index (χ1v) is 7.20. The summed E-state index contributed by atoms with van der Waals surface area (Å²) >= 11 is 3.45. The minimum Gasteiger partial charge on any atom is -0.438 e. The SMILES string of the molecule is Cc1ccc(C#N)c(Oc2ccc3cc(Br)ccc3c2)n1. The number of pyridine rings is 1. The Balaban J connectivity index is 2.00. The molecule has 0 N–H and O–H groups in total. The molecule has 0 radical (unpaired) electrons. The van der Waals surface area contributed by atoms with E-state index in [-0.39, 0.29) is 0 Å². The van der Waals surface area contributed by atoms with Gasteiger partial charge in [-0.1, -0.05) is 28.1 Å². The second-order valence-corrected chi connectivity index (χ2v) is 5.59. The topological polar surface area (TPSA) is 45.9 Å². The van der Waals surface area contributed by atoms with Gasteiger partial charge in [-0.2, -0.15) is 5.26 Å². The monoisotopic (exact) mass is 338 g/mol. The van der Waals surface area contributed by atoms with E-state index in [0.29, 0.717) is 17.2 Å². The molecule has 0 unspecified atom stereocenters. The zero-order chi connectivity index (χ0) is 14.8. The van der Waals surface area contributed by atoms with Crippen molar-refractivity contribution in [3.8, 4) is 17.7 Å². The van der Waals surface area contributed by atoms with Crippen molar-refractivity contribution in [2.24, 2.45) is 0 Å². The van der Waals surface area contributed by atoms with Crippen LogP contribution in [0.15, 0.2) is 53.0 Å². The van der Waals surface area contributed by atoms with Crippen LogP contribution in [0.25, 0.3) is 10.8 Å². The van der Waals surface area contributed by atoms with E-state index in [0.717, 1.165) is 20.9 Å². The number of hydrogen-bond donors (Lipinski definition) is 0. The van der Waals surface area contributed by atoms with E-state index in [1.807, 2.05) is 43.3 Å². The van der Waals surface area contributed by atoms with Gasteiger partial charge < -0.3 is 4.74 Å². The Morgan fingerprint density at radius 3 is 2.62 bits per heavy atom. The molecule has 102 valence electrons. The Morgan fingerprint density at radius 2 is 1.81 bits per heavy atom. The number of ether oxygens (including phenoxy) is 1. The summed E-state index contributed by atoms with van der Waals surface area (Å²) in [5.74, 6) is 1.01. The molecule has 0 atom stereocenters. The van der Waals surface area contributed by atoms with Gasteiger partial charge in [0.2, 0.25) is 5.88 Å². The van der Waals surface area contributed by atoms with Crippen molar-refractivity contribution in [2.75, 3.05) is 0 Å². The molecule has 4 heteroatoms. The molecule has 1 heterocycles. The highest BCUT2D eigenvalue weighted by Gasteiger charge is 2.07. The van der Waals surface area contributed by atoms with Crippen molar-refractivity contribution >= 4 is 26.7 Å². The average molecular weight is 339 g/mol. The average Bonchev–Trinajstić information content (AvgIpc) is 2.48. The molecule has 0 aliphatic heterocycles. The molecule has 0 aliphatic carbocycles. The van der Waals surface area contributed by atoms with Gasteiger partial charge in [-0.05, 0) is 54.1 Å².